The Morgan fingerprint density at radius 3 is 2.76 bits per heavy atom. The molecule has 0 aliphatic carbocycles. The number of nitrogens with zero attached hydrogens (tertiary/aromatic N) is 3. The second kappa shape index (κ2) is 5.10. The predicted octanol–water partition coefficient (Wildman–Crippen LogP) is 1.82. The maximum absolute atomic E-state index is 4.59. The summed E-state index contributed by atoms with van der Waals surface area (Å²) in [6.45, 7) is 5.00. The maximum atomic E-state index is 4.59. The van der Waals surface area contributed by atoms with E-state index in [1.807, 2.05) is 49.1 Å². The highest BCUT2D eigenvalue weighted by atomic mass is 15.3. The van der Waals surface area contributed by atoms with Crippen molar-refractivity contribution in [3.05, 3.63) is 47.5 Å². The summed E-state index contributed by atoms with van der Waals surface area (Å²) in [6, 6.07) is 8.23. The number of nitrogens with one attached hydrogen (secondary N) is 1. The molecule has 0 radical (unpaired) electrons. The van der Waals surface area contributed by atoms with Gasteiger partial charge >= 0.3 is 0 Å². The molecule has 2 aromatic rings. The van der Waals surface area contributed by atoms with Crippen LogP contribution in [0.2, 0.25) is 0 Å². The van der Waals surface area contributed by atoms with Crippen molar-refractivity contribution < 1.29 is 0 Å². The Morgan fingerprint density at radius 1 is 1.35 bits per heavy atom. The topological polar surface area (TPSA) is 42.7 Å². The van der Waals surface area contributed by atoms with E-state index in [2.05, 4.69) is 22.3 Å². The number of aromatic nitrogens is 3. The fourth-order valence-corrected chi connectivity index (χ4v) is 1.96. The molecule has 0 saturated heterocycles. The van der Waals surface area contributed by atoms with Crippen LogP contribution >= 0.6 is 0 Å². The van der Waals surface area contributed by atoms with Gasteiger partial charge in [-0.3, -0.25) is 9.67 Å². The van der Waals surface area contributed by atoms with Gasteiger partial charge in [0.05, 0.1) is 17.4 Å². The first-order valence-electron chi connectivity index (χ1n) is 5.87. The van der Waals surface area contributed by atoms with Crippen molar-refractivity contribution in [2.45, 2.75) is 19.9 Å². The van der Waals surface area contributed by atoms with Gasteiger partial charge in [0, 0.05) is 18.9 Å². The van der Waals surface area contributed by atoms with Crippen LogP contribution in [0.25, 0.3) is 0 Å². The number of hydrogen-bond acceptors (Lipinski definition) is 3. The van der Waals surface area contributed by atoms with Gasteiger partial charge in [-0.1, -0.05) is 13.0 Å². The van der Waals surface area contributed by atoms with E-state index in [1.165, 1.54) is 0 Å². The summed E-state index contributed by atoms with van der Waals surface area (Å²) in [5.74, 6) is 0. The third-order valence-corrected chi connectivity index (χ3v) is 2.77. The van der Waals surface area contributed by atoms with Crippen LogP contribution in [0.5, 0.6) is 0 Å². The lowest BCUT2D eigenvalue weighted by molar-refractivity contribution is 0.561. The monoisotopic (exact) mass is 230 g/mol. The van der Waals surface area contributed by atoms with Gasteiger partial charge in [-0.05, 0) is 31.7 Å². The summed E-state index contributed by atoms with van der Waals surface area (Å²) in [4.78, 5) is 4.59. The second-order valence-corrected chi connectivity index (χ2v) is 4.07. The first-order chi connectivity index (χ1) is 8.22. The molecule has 1 N–H and O–H groups in total. The maximum Gasteiger partial charge on any atom is 0.0921 e. The molecule has 0 amide bonds. The molecule has 2 heterocycles. The van der Waals surface area contributed by atoms with Gasteiger partial charge in [-0.2, -0.15) is 5.10 Å². The van der Waals surface area contributed by atoms with Crippen LogP contribution in [0.15, 0.2) is 30.5 Å². The van der Waals surface area contributed by atoms with Crippen LogP contribution in [-0.2, 0) is 7.05 Å². The Balaban J connectivity index is 2.39. The van der Waals surface area contributed by atoms with Gasteiger partial charge in [-0.15, -0.1) is 0 Å². The van der Waals surface area contributed by atoms with Crippen LogP contribution in [0.4, 0.5) is 0 Å². The molecular weight excluding hydrogens is 212 g/mol. The lowest BCUT2D eigenvalue weighted by atomic mass is 10.1. The van der Waals surface area contributed by atoms with E-state index in [0.717, 1.165) is 23.6 Å². The number of pyridine rings is 1. The molecule has 1 unspecified atom stereocenters. The van der Waals surface area contributed by atoms with E-state index < -0.39 is 0 Å². The molecule has 90 valence electrons. The summed E-state index contributed by atoms with van der Waals surface area (Å²) < 4.78 is 1.89. The lowest BCUT2D eigenvalue weighted by Gasteiger charge is -2.18. The van der Waals surface area contributed by atoms with Gasteiger partial charge in [-0.25, -0.2) is 0 Å². The first kappa shape index (κ1) is 11.8. The van der Waals surface area contributed by atoms with Crippen LogP contribution in [0.1, 0.15) is 30.0 Å². The minimum atomic E-state index is 0.104. The molecule has 0 fully saturated rings. The van der Waals surface area contributed by atoms with E-state index in [9.17, 15) is 0 Å². The number of rotatable bonds is 4. The second-order valence-electron chi connectivity index (χ2n) is 4.07. The zero-order valence-corrected chi connectivity index (χ0v) is 10.5. The van der Waals surface area contributed by atoms with Crippen LogP contribution in [0, 0.1) is 6.92 Å². The molecule has 4 nitrogen and oxygen atoms in total. The standard InChI is InChI=1S/C13H18N4/c1-4-14-13(12-8-9-15-17(12)3)11-7-5-6-10(2)16-11/h5-9,13-14H,4H2,1-3H3. The Labute approximate surface area is 102 Å². The molecule has 0 spiro atoms. The molecular formula is C13H18N4. The number of hydrogen-bond donors (Lipinski definition) is 1. The van der Waals surface area contributed by atoms with Crippen LogP contribution in [0.3, 0.4) is 0 Å². The smallest absolute Gasteiger partial charge is 0.0921 e. The highest BCUT2D eigenvalue weighted by molar-refractivity contribution is 5.23. The third-order valence-electron chi connectivity index (χ3n) is 2.77. The Hall–Kier alpha value is -1.68. The van der Waals surface area contributed by atoms with Gasteiger partial charge in [0.1, 0.15) is 0 Å². The Bertz CT molecular complexity index is 490. The zero-order chi connectivity index (χ0) is 12.3. The minimum absolute atomic E-state index is 0.104. The van der Waals surface area contributed by atoms with E-state index >= 15 is 0 Å². The van der Waals surface area contributed by atoms with Crippen molar-refractivity contribution in [1.29, 1.82) is 0 Å². The molecule has 17 heavy (non-hydrogen) atoms. The Morgan fingerprint density at radius 2 is 2.18 bits per heavy atom. The van der Waals surface area contributed by atoms with Crippen molar-refractivity contribution in [3.63, 3.8) is 0 Å². The highest BCUT2D eigenvalue weighted by Gasteiger charge is 2.17. The molecule has 2 aromatic heterocycles. The van der Waals surface area contributed by atoms with Gasteiger partial charge in [0.15, 0.2) is 0 Å². The van der Waals surface area contributed by atoms with Crippen LogP contribution in [-0.4, -0.2) is 21.3 Å². The molecule has 1 atom stereocenters. The number of aryl methyl sites for hydroxylation is 2. The first-order valence-corrected chi connectivity index (χ1v) is 5.87. The summed E-state index contributed by atoms with van der Waals surface area (Å²) in [5, 5.41) is 7.66. The highest BCUT2D eigenvalue weighted by Crippen LogP contribution is 2.19. The molecule has 0 aliphatic rings. The molecule has 0 saturated carbocycles. The van der Waals surface area contributed by atoms with E-state index in [1.54, 1.807) is 0 Å². The SMILES string of the molecule is CCNC(c1cccc(C)n1)c1ccnn1C. The summed E-state index contributed by atoms with van der Waals surface area (Å²) in [7, 11) is 1.95. The Kier molecular flexibility index (Phi) is 3.54. The van der Waals surface area contributed by atoms with Crippen molar-refractivity contribution in [2.24, 2.45) is 7.05 Å². The molecule has 0 aliphatic heterocycles. The zero-order valence-electron chi connectivity index (χ0n) is 10.5. The minimum Gasteiger partial charge on any atom is -0.304 e. The average Bonchev–Trinajstić information content (AvgIpc) is 2.72. The van der Waals surface area contributed by atoms with E-state index in [0.29, 0.717) is 0 Å². The summed E-state index contributed by atoms with van der Waals surface area (Å²) in [6.07, 6.45) is 1.81. The molecule has 0 aromatic carbocycles. The van der Waals surface area contributed by atoms with Crippen molar-refractivity contribution in [3.8, 4) is 0 Å². The van der Waals surface area contributed by atoms with Crippen molar-refractivity contribution in [1.82, 2.24) is 20.1 Å². The van der Waals surface area contributed by atoms with Crippen LogP contribution < -0.4 is 5.32 Å². The van der Waals surface area contributed by atoms with Gasteiger partial charge < -0.3 is 5.32 Å². The normalized spacial score (nSPS) is 12.6. The molecule has 4 heteroatoms. The van der Waals surface area contributed by atoms with Gasteiger partial charge in [0.25, 0.3) is 0 Å². The summed E-state index contributed by atoms with van der Waals surface area (Å²) >= 11 is 0. The predicted molar refractivity (Wildman–Crippen MR) is 67.7 cm³/mol. The van der Waals surface area contributed by atoms with Crippen molar-refractivity contribution >= 4 is 0 Å². The quantitative estimate of drug-likeness (QED) is 0.871. The fraction of sp³-hybridized carbons (Fsp3) is 0.385. The lowest BCUT2D eigenvalue weighted by Crippen LogP contribution is -2.25. The molecule has 2 rings (SSSR count). The average molecular weight is 230 g/mol. The van der Waals surface area contributed by atoms with Gasteiger partial charge in [0.2, 0.25) is 0 Å². The van der Waals surface area contributed by atoms with Crippen molar-refractivity contribution in [2.75, 3.05) is 6.54 Å². The van der Waals surface area contributed by atoms with E-state index in [-0.39, 0.29) is 6.04 Å². The fourth-order valence-electron chi connectivity index (χ4n) is 1.96. The third kappa shape index (κ3) is 2.53. The largest absolute Gasteiger partial charge is 0.304 e. The van der Waals surface area contributed by atoms with E-state index in [4.69, 9.17) is 0 Å². The molecule has 0 bridgehead atoms. The summed E-state index contributed by atoms with van der Waals surface area (Å²) in [5.41, 5.74) is 3.20.